The maximum atomic E-state index is 11.8. The fourth-order valence-electron chi connectivity index (χ4n) is 3.67. The number of piperidine rings is 1. The lowest BCUT2D eigenvalue weighted by atomic mass is 9.89. The first kappa shape index (κ1) is 17.0. The van der Waals surface area contributed by atoms with Gasteiger partial charge < -0.3 is 9.80 Å². The molecule has 2 heterocycles. The molecule has 0 radical (unpaired) electrons. The zero-order chi connectivity index (χ0) is 16.9. The van der Waals surface area contributed by atoms with Crippen molar-refractivity contribution in [1.82, 2.24) is 15.1 Å². The Morgan fingerprint density at radius 3 is 2.42 bits per heavy atom. The van der Waals surface area contributed by atoms with Gasteiger partial charge in [-0.2, -0.15) is 0 Å². The fraction of sp³-hybridized carbons (Fsp3) is 0.579. The molecular formula is C19H27N3O2. The van der Waals surface area contributed by atoms with Gasteiger partial charge in [-0.1, -0.05) is 31.2 Å². The molecule has 0 spiro atoms. The van der Waals surface area contributed by atoms with Crippen molar-refractivity contribution in [2.75, 3.05) is 26.2 Å². The highest BCUT2D eigenvalue weighted by Crippen LogP contribution is 2.28. The third kappa shape index (κ3) is 4.15. The van der Waals surface area contributed by atoms with Crippen molar-refractivity contribution in [3.05, 3.63) is 35.4 Å². The van der Waals surface area contributed by atoms with Gasteiger partial charge >= 0.3 is 6.03 Å². The van der Waals surface area contributed by atoms with E-state index in [0.29, 0.717) is 25.4 Å². The van der Waals surface area contributed by atoms with Gasteiger partial charge in [-0.15, -0.1) is 0 Å². The van der Waals surface area contributed by atoms with Gasteiger partial charge in [-0.3, -0.25) is 10.1 Å². The summed E-state index contributed by atoms with van der Waals surface area (Å²) in [5.41, 5.74) is 2.53. The molecule has 1 aromatic rings. The SMILES string of the molecule is CCCN1CCC(c2ccc(CN3CCC(=O)NC3=O)cc2)CC1. The summed E-state index contributed by atoms with van der Waals surface area (Å²) < 4.78 is 0. The smallest absolute Gasteiger partial charge is 0.320 e. The molecule has 0 saturated carbocycles. The van der Waals surface area contributed by atoms with Crippen LogP contribution >= 0.6 is 0 Å². The van der Waals surface area contributed by atoms with Gasteiger partial charge in [-0.05, 0) is 55.9 Å². The molecule has 2 aliphatic heterocycles. The van der Waals surface area contributed by atoms with Crippen LogP contribution in [0.2, 0.25) is 0 Å². The Balaban J connectivity index is 1.54. The van der Waals surface area contributed by atoms with Gasteiger partial charge in [0.15, 0.2) is 0 Å². The van der Waals surface area contributed by atoms with Crippen molar-refractivity contribution in [3.63, 3.8) is 0 Å². The normalized spacial score (nSPS) is 20.3. The summed E-state index contributed by atoms with van der Waals surface area (Å²) in [6.07, 6.45) is 4.08. The van der Waals surface area contributed by atoms with E-state index in [1.165, 1.54) is 44.5 Å². The maximum absolute atomic E-state index is 11.8. The van der Waals surface area contributed by atoms with Crippen LogP contribution in [0.15, 0.2) is 24.3 Å². The summed E-state index contributed by atoms with van der Waals surface area (Å²) in [6.45, 7) is 6.91. The first-order chi connectivity index (χ1) is 11.7. The van der Waals surface area contributed by atoms with Crippen molar-refractivity contribution >= 4 is 11.9 Å². The molecule has 0 aromatic heterocycles. The van der Waals surface area contributed by atoms with Crippen molar-refractivity contribution in [3.8, 4) is 0 Å². The summed E-state index contributed by atoms with van der Waals surface area (Å²) in [4.78, 5) is 27.2. The van der Waals surface area contributed by atoms with Crippen LogP contribution in [0.1, 0.15) is 49.7 Å². The Bertz CT molecular complexity index is 577. The summed E-state index contributed by atoms with van der Waals surface area (Å²) in [7, 11) is 0. The molecule has 2 aliphatic rings. The molecule has 3 rings (SSSR count). The largest absolute Gasteiger partial charge is 0.324 e. The van der Waals surface area contributed by atoms with Gasteiger partial charge in [0.25, 0.3) is 0 Å². The molecule has 1 aromatic carbocycles. The van der Waals surface area contributed by atoms with Crippen LogP contribution in [0.5, 0.6) is 0 Å². The molecule has 3 amide bonds. The van der Waals surface area contributed by atoms with E-state index < -0.39 is 0 Å². The zero-order valence-corrected chi connectivity index (χ0v) is 14.5. The van der Waals surface area contributed by atoms with E-state index >= 15 is 0 Å². The average molecular weight is 329 g/mol. The van der Waals surface area contributed by atoms with E-state index in [0.717, 1.165) is 5.56 Å². The second-order valence-corrected chi connectivity index (χ2v) is 6.88. The van der Waals surface area contributed by atoms with Crippen LogP contribution in [0, 0.1) is 0 Å². The highest BCUT2D eigenvalue weighted by molar-refractivity contribution is 5.96. The van der Waals surface area contributed by atoms with Gasteiger partial charge in [-0.25, -0.2) is 4.79 Å². The van der Waals surface area contributed by atoms with Crippen LogP contribution in [-0.2, 0) is 11.3 Å². The minimum Gasteiger partial charge on any atom is -0.320 e. The number of likely N-dealkylation sites (tertiary alicyclic amines) is 1. The average Bonchev–Trinajstić information content (AvgIpc) is 2.59. The number of carbonyl (C=O) groups is 2. The second kappa shape index (κ2) is 7.79. The van der Waals surface area contributed by atoms with Gasteiger partial charge in [0.2, 0.25) is 5.91 Å². The third-order valence-corrected chi connectivity index (χ3v) is 5.09. The Hall–Kier alpha value is -1.88. The first-order valence-electron chi connectivity index (χ1n) is 9.05. The molecule has 1 N–H and O–H groups in total. The van der Waals surface area contributed by atoms with Gasteiger partial charge in [0.1, 0.15) is 0 Å². The number of urea groups is 1. The van der Waals surface area contributed by atoms with Crippen LogP contribution in [0.3, 0.4) is 0 Å². The highest BCUT2D eigenvalue weighted by atomic mass is 16.2. The maximum Gasteiger partial charge on any atom is 0.324 e. The van der Waals surface area contributed by atoms with Crippen LogP contribution in [0.25, 0.3) is 0 Å². The number of carbonyl (C=O) groups excluding carboxylic acids is 2. The summed E-state index contributed by atoms with van der Waals surface area (Å²) in [6, 6.07) is 8.39. The Kier molecular flexibility index (Phi) is 5.51. The molecular weight excluding hydrogens is 302 g/mol. The van der Waals surface area contributed by atoms with E-state index in [4.69, 9.17) is 0 Å². The van der Waals surface area contributed by atoms with E-state index in [1.807, 2.05) is 0 Å². The van der Waals surface area contributed by atoms with Crippen molar-refractivity contribution in [1.29, 1.82) is 0 Å². The van der Waals surface area contributed by atoms with Crippen LogP contribution in [-0.4, -0.2) is 47.9 Å². The molecule has 0 atom stereocenters. The number of hydrogen-bond acceptors (Lipinski definition) is 3. The standard InChI is InChI=1S/C19H27N3O2/c1-2-10-21-11-7-17(8-12-21)16-5-3-15(4-6-16)14-22-13-9-18(23)20-19(22)24/h3-6,17H,2,7-14H2,1H3,(H,20,23,24). The molecule has 5 nitrogen and oxygen atoms in total. The Morgan fingerprint density at radius 1 is 1.08 bits per heavy atom. The number of nitrogens with zero attached hydrogens (tertiary/aromatic N) is 2. The minimum atomic E-state index is -0.279. The topological polar surface area (TPSA) is 52.6 Å². The lowest BCUT2D eigenvalue weighted by molar-refractivity contribution is -0.121. The number of hydrogen-bond donors (Lipinski definition) is 1. The summed E-state index contributed by atoms with van der Waals surface area (Å²) in [5, 5.41) is 2.37. The third-order valence-electron chi connectivity index (χ3n) is 5.09. The minimum absolute atomic E-state index is 0.180. The van der Waals surface area contributed by atoms with E-state index in [9.17, 15) is 9.59 Å². The molecule has 2 saturated heterocycles. The van der Waals surface area contributed by atoms with E-state index in [-0.39, 0.29) is 11.9 Å². The van der Waals surface area contributed by atoms with Crippen molar-refractivity contribution < 1.29 is 9.59 Å². The number of imide groups is 1. The molecule has 24 heavy (non-hydrogen) atoms. The van der Waals surface area contributed by atoms with E-state index in [1.54, 1.807) is 4.90 Å². The molecule has 0 unspecified atom stereocenters. The van der Waals surface area contributed by atoms with Crippen molar-refractivity contribution in [2.45, 2.75) is 45.1 Å². The highest BCUT2D eigenvalue weighted by Gasteiger charge is 2.23. The molecule has 5 heteroatoms. The van der Waals surface area contributed by atoms with Crippen molar-refractivity contribution in [2.24, 2.45) is 0 Å². The first-order valence-corrected chi connectivity index (χ1v) is 9.05. The number of benzene rings is 1. The monoisotopic (exact) mass is 329 g/mol. The Morgan fingerprint density at radius 2 is 1.79 bits per heavy atom. The predicted molar refractivity (Wildman–Crippen MR) is 93.7 cm³/mol. The lowest BCUT2D eigenvalue weighted by Gasteiger charge is -2.32. The molecule has 0 aliphatic carbocycles. The quantitative estimate of drug-likeness (QED) is 0.904. The number of rotatable bonds is 5. The van der Waals surface area contributed by atoms with Crippen LogP contribution in [0.4, 0.5) is 4.79 Å². The predicted octanol–water partition coefficient (Wildman–Crippen LogP) is 2.72. The zero-order valence-electron chi connectivity index (χ0n) is 14.5. The lowest BCUT2D eigenvalue weighted by Crippen LogP contribution is -2.48. The van der Waals surface area contributed by atoms with Gasteiger partial charge in [0, 0.05) is 19.5 Å². The summed E-state index contributed by atoms with van der Waals surface area (Å²) in [5.74, 6) is 0.476. The van der Waals surface area contributed by atoms with Crippen LogP contribution < -0.4 is 5.32 Å². The van der Waals surface area contributed by atoms with E-state index in [2.05, 4.69) is 41.4 Å². The fourth-order valence-corrected chi connectivity index (χ4v) is 3.67. The number of nitrogens with one attached hydrogen (secondary N) is 1. The molecule has 2 fully saturated rings. The molecule has 0 bridgehead atoms. The summed E-state index contributed by atoms with van der Waals surface area (Å²) >= 11 is 0. The van der Waals surface area contributed by atoms with Gasteiger partial charge in [0.05, 0.1) is 0 Å². The Labute approximate surface area is 144 Å². The second-order valence-electron chi connectivity index (χ2n) is 6.88. The molecule has 130 valence electrons. The number of amides is 3.